The van der Waals surface area contributed by atoms with Crippen LogP contribution in [0.2, 0.25) is 0 Å². The molecule has 0 aliphatic heterocycles. The molecule has 1 fully saturated rings. The molecule has 2 atom stereocenters. The van der Waals surface area contributed by atoms with Crippen LogP contribution in [-0.4, -0.2) is 30.0 Å². The number of carbonyl (C=O) groups is 2. The normalized spacial score (nSPS) is 19.2. The van der Waals surface area contributed by atoms with Gasteiger partial charge in [0.2, 0.25) is 5.91 Å². The number of benzene rings is 1. The van der Waals surface area contributed by atoms with E-state index in [4.69, 9.17) is 5.73 Å². The van der Waals surface area contributed by atoms with Crippen molar-refractivity contribution in [1.29, 1.82) is 0 Å². The molecule has 0 unspecified atom stereocenters. The van der Waals surface area contributed by atoms with E-state index in [1.165, 1.54) is 19.2 Å². The van der Waals surface area contributed by atoms with Gasteiger partial charge in [0.15, 0.2) is 0 Å². The van der Waals surface area contributed by atoms with Crippen LogP contribution < -0.4 is 11.1 Å². The number of nitro groups is 1. The minimum Gasteiger partial charge on any atom is -0.465 e. The third kappa shape index (κ3) is 4.90. The molecular formula is C15H20ClN3O5. The standard InChI is InChI=1S/C15H19N3O5.ClH/c1-23-15(20)10-5-11(8-12(6-10)18(21)22)17-14(19)7-9-3-2-4-13(9)16;/h5-6,8-9,13H,2-4,7,16H2,1H3,(H,17,19);1H/t9-,13+;/m0./s1. The molecule has 1 saturated carbocycles. The van der Waals surface area contributed by atoms with Crippen molar-refractivity contribution in [2.45, 2.75) is 31.7 Å². The predicted octanol–water partition coefficient (Wildman–Crippen LogP) is 2.26. The Hall–Kier alpha value is -2.19. The van der Waals surface area contributed by atoms with Gasteiger partial charge in [0.05, 0.1) is 17.6 Å². The Morgan fingerprint density at radius 3 is 2.62 bits per heavy atom. The lowest BCUT2D eigenvalue weighted by Gasteiger charge is -2.15. The van der Waals surface area contributed by atoms with E-state index >= 15 is 0 Å². The summed E-state index contributed by atoms with van der Waals surface area (Å²) in [6.45, 7) is 0. The van der Waals surface area contributed by atoms with E-state index in [9.17, 15) is 19.7 Å². The van der Waals surface area contributed by atoms with Crippen LogP contribution in [0.1, 0.15) is 36.0 Å². The summed E-state index contributed by atoms with van der Waals surface area (Å²) in [5.74, 6) is -0.862. The Balaban J connectivity index is 0.00000288. The molecule has 0 heterocycles. The zero-order chi connectivity index (χ0) is 17.0. The maximum Gasteiger partial charge on any atom is 0.338 e. The maximum atomic E-state index is 12.1. The molecule has 132 valence electrons. The van der Waals surface area contributed by atoms with E-state index in [1.54, 1.807) is 0 Å². The van der Waals surface area contributed by atoms with Crippen molar-refractivity contribution in [3.63, 3.8) is 0 Å². The van der Waals surface area contributed by atoms with Crippen molar-refractivity contribution in [2.24, 2.45) is 11.7 Å². The monoisotopic (exact) mass is 357 g/mol. The largest absolute Gasteiger partial charge is 0.465 e. The van der Waals surface area contributed by atoms with Gasteiger partial charge in [-0.05, 0) is 24.8 Å². The molecule has 0 saturated heterocycles. The van der Waals surface area contributed by atoms with Gasteiger partial charge in [-0.3, -0.25) is 14.9 Å². The summed E-state index contributed by atoms with van der Waals surface area (Å²) in [6.07, 6.45) is 3.07. The highest BCUT2D eigenvalue weighted by molar-refractivity contribution is 5.95. The SMILES string of the molecule is COC(=O)c1cc(NC(=O)C[C@@H]2CCC[C@H]2N)cc([N+](=O)[O-])c1.Cl. The number of hydrogen-bond donors (Lipinski definition) is 2. The fourth-order valence-electron chi connectivity index (χ4n) is 2.79. The number of nitrogens with one attached hydrogen (secondary N) is 1. The summed E-state index contributed by atoms with van der Waals surface area (Å²) >= 11 is 0. The number of nitrogens with zero attached hydrogens (tertiary/aromatic N) is 1. The highest BCUT2D eigenvalue weighted by Crippen LogP contribution is 2.28. The van der Waals surface area contributed by atoms with Crippen LogP contribution in [0.5, 0.6) is 0 Å². The molecule has 1 aliphatic carbocycles. The van der Waals surface area contributed by atoms with Gasteiger partial charge >= 0.3 is 5.97 Å². The number of methoxy groups -OCH3 is 1. The first-order valence-electron chi connectivity index (χ1n) is 7.34. The van der Waals surface area contributed by atoms with E-state index in [0.717, 1.165) is 25.3 Å². The second-order valence-electron chi connectivity index (χ2n) is 5.62. The van der Waals surface area contributed by atoms with Crippen LogP contribution in [0.4, 0.5) is 11.4 Å². The number of rotatable bonds is 5. The van der Waals surface area contributed by atoms with Gasteiger partial charge in [-0.15, -0.1) is 12.4 Å². The lowest BCUT2D eigenvalue weighted by Crippen LogP contribution is -2.28. The molecule has 0 bridgehead atoms. The zero-order valence-corrected chi connectivity index (χ0v) is 14.0. The second-order valence-corrected chi connectivity index (χ2v) is 5.62. The van der Waals surface area contributed by atoms with Gasteiger partial charge < -0.3 is 15.8 Å². The van der Waals surface area contributed by atoms with Crippen LogP contribution in [0.15, 0.2) is 18.2 Å². The first-order chi connectivity index (χ1) is 10.9. The van der Waals surface area contributed by atoms with E-state index in [0.29, 0.717) is 0 Å². The third-order valence-electron chi connectivity index (χ3n) is 4.00. The Labute approximate surface area is 145 Å². The van der Waals surface area contributed by atoms with E-state index in [-0.39, 0.29) is 53.6 Å². The second kappa shape index (κ2) is 8.60. The number of ether oxygens (including phenoxy) is 1. The molecule has 8 nitrogen and oxygen atoms in total. The van der Waals surface area contributed by atoms with Gasteiger partial charge in [-0.1, -0.05) is 6.42 Å². The van der Waals surface area contributed by atoms with Gasteiger partial charge in [0.1, 0.15) is 0 Å². The molecule has 3 N–H and O–H groups in total. The lowest BCUT2D eigenvalue weighted by atomic mass is 10.00. The molecule has 1 aliphatic rings. The molecule has 0 aromatic heterocycles. The molecule has 2 rings (SSSR count). The summed E-state index contributed by atoms with van der Waals surface area (Å²) in [4.78, 5) is 34.0. The molecular weight excluding hydrogens is 338 g/mol. The first-order valence-corrected chi connectivity index (χ1v) is 7.34. The number of non-ortho nitro benzene ring substituents is 1. The number of esters is 1. The summed E-state index contributed by atoms with van der Waals surface area (Å²) in [7, 11) is 1.18. The van der Waals surface area contributed by atoms with Crippen LogP contribution in [0.3, 0.4) is 0 Å². The topological polar surface area (TPSA) is 125 Å². The van der Waals surface area contributed by atoms with Crippen LogP contribution in [0.25, 0.3) is 0 Å². The average Bonchev–Trinajstić information content (AvgIpc) is 2.91. The quantitative estimate of drug-likeness (QED) is 0.473. The molecule has 1 aromatic carbocycles. The third-order valence-corrected chi connectivity index (χ3v) is 4.00. The molecule has 24 heavy (non-hydrogen) atoms. The Morgan fingerprint density at radius 1 is 1.38 bits per heavy atom. The van der Waals surface area contributed by atoms with Gasteiger partial charge in [-0.2, -0.15) is 0 Å². The van der Waals surface area contributed by atoms with Gasteiger partial charge in [0, 0.05) is 30.3 Å². The number of anilines is 1. The number of hydrogen-bond acceptors (Lipinski definition) is 6. The van der Waals surface area contributed by atoms with Crippen LogP contribution in [0, 0.1) is 16.0 Å². The highest BCUT2D eigenvalue weighted by atomic mass is 35.5. The van der Waals surface area contributed by atoms with Crippen LogP contribution in [-0.2, 0) is 9.53 Å². The average molecular weight is 358 g/mol. The summed E-state index contributed by atoms with van der Waals surface area (Å²) in [5, 5.41) is 13.5. The summed E-state index contributed by atoms with van der Waals surface area (Å²) in [6, 6.07) is 3.68. The lowest BCUT2D eigenvalue weighted by molar-refractivity contribution is -0.384. The zero-order valence-electron chi connectivity index (χ0n) is 13.2. The van der Waals surface area contributed by atoms with Crippen molar-refractivity contribution < 1.29 is 19.2 Å². The molecule has 0 radical (unpaired) electrons. The van der Waals surface area contributed by atoms with Gasteiger partial charge in [0.25, 0.3) is 5.69 Å². The number of nitro benzene ring substituents is 1. The van der Waals surface area contributed by atoms with Gasteiger partial charge in [-0.25, -0.2) is 4.79 Å². The predicted molar refractivity (Wildman–Crippen MR) is 90.2 cm³/mol. The molecule has 9 heteroatoms. The minimum absolute atomic E-state index is 0. The first kappa shape index (κ1) is 19.9. The highest BCUT2D eigenvalue weighted by Gasteiger charge is 2.26. The van der Waals surface area contributed by atoms with Crippen molar-refractivity contribution >= 4 is 35.7 Å². The number of amides is 1. The summed E-state index contributed by atoms with van der Waals surface area (Å²) < 4.78 is 4.56. The Morgan fingerprint density at radius 2 is 2.08 bits per heavy atom. The minimum atomic E-state index is -0.706. The number of nitrogens with two attached hydrogens (primary N) is 1. The fourth-order valence-corrected chi connectivity index (χ4v) is 2.79. The smallest absolute Gasteiger partial charge is 0.338 e. The number of carbonyl (C=O) groups excluding carboxylic acids is 2. The number of halogens is 1. The van der Waals surface area contributed by atoms with Crippen molar-refractivity contribution in [3.8, 4) is 0 Å². The Bertz CT molecular complexity index is 638. The van der Waals surface area contributed by atoms with Crippen molar-refractivity contribution in [2.75, 3.05) is 12.4 Å². The van der Waals surface area contributed by atoms with Crippen molar-refractivity contribution in [3.05, 3.63) is 33.9 Å². The van der Waals surface area contributed by atoms with E-state index in [2.05, 4.69) is 10.1 Å². The summed E-state index contributed by atoms with van der Waals surface area (Å²) in [5.41, 5.74) is 5.84. The Kier molecular flexibility index (Phi) is 7.12. The molecule has 0 spiro atoms. The molecule has 1 aromatic rings. The van der Waals surface area contributed by atoms with Crippen LogP contribution >= 0.6 is 12.4 Å². The molecule has 1 amide bonds. The van der Waals surface area contributed by atoms with E-state index in [1.807, 2.05) is 0 Å². The maximum absolute atomic E-state index is 12.1. The van der Waals surface area contributed by atoms with Crippen molar-refractivity contribution in [1.82, 2.24) is 0 Å². The van der Waals surface area contributed by atoms with E-state index < -0.39 is 10.9 Å². The fraction of sp³-hybridized carbons (Fsp3) is 0.467.